The number of hydrogen-bond donors (Lipinski definition) is 1. The minimum absolute atomic E-state index is 0.155. The number of nitrogens with one attached hydrogen (secondary N) is 1. The van der Waals surface area contributed by atoms with Crippen molar-refractivity contribution in [2.75, 3.05) is 19.6 Å². The van der Waals surface area contributed by atoms with E-state index in [9.17, 15) is 9.70 Å². The van der Waals surface area contributed by atoms with Crippen molar-refractivity contribution in [2.45, 2.75) is 18.8 Å². The Morgan fingerprint density at radius 3 is 2.80 bits per heavy atom. The Morgan fingerprint density at radius 2 is 2.05 bits per heavy atom. The fourth-order valence-electron chi connectivity index (χ4n) is 3.03. The lowest BCUT2D eigenvalue weighted by molar-refractivity contribution is -0.130. The summed E-state index contributed by atoms with van der Waals surface area (Å²) >= 11 is 0. The number of benzene rings is 1. The van der Waals surface area contributed by atoms with Crippen LogP contribution >= 0.6 is 0 Å². The van der Waals surface area contributed by atoms with Gasteiger partial charge in [0.1, 0.15) is 0 Å². The average molecular weight is 271 g/mol. The Balaban J connectivity index is 1.72. The molecule has 1 aliphatic heterocycles. The second-order valence-corrected chi connectivity index (χ2v) is 5.23. The van der Waals surface area contributed by atoms with E-state index >= 15 is 0 Å². The van der Waals surface area contributed by atoms with Gasteiger partial charge in [-0.2, -0.15) is 4.91 Å². The molecule has 2 aromatic rings. The number of aromatic nitrogens is 1. The molecule has 20 heavy (non-hydrogen) atoms. The number of piperidine rings is 1. The van der Waals surface area contributed by atoms with Crippen molar-refractivity contribution in [3.05, 3.63) is 40.9 Å². The van der Waals surface area contributed by atoms with Crippen molar-refractivity contribution in [2.24, 2.45) is 5.18 Å². The van der Waals surface area contributed by atoms with Crippen LogP contribution < -0.4 is 0 Å². The molecule has 1 N–H and O–H groups in total. The molecule has 104 valence electrons. The molecule has 1 saturated heterocycles. The van der Waals surface area contributed by atoms with E-state index in [1.54, 1.807) is 4.90 Å². The van der Waals surface area contributed by atoms with Crippen LogP contribution in [0.25, 0.3) is 10.9 Å². The molecule has 1 aromatic carbocycles. The molecule has 1 aromatic heterocycles. The second-order valence-electron chi connectivity index (χ2n) is 5.23. The zero-order valence-electron chi connectivity index (χ0n) is 11.2. The number of aromatic amines is 1. The highest BCUT2D eigenvalue weighted by atomic mass is 16.3. The fraction of sp³-hybridized carbons (Fsp3) is 0.400. The van der Waals surface area contributed by atoms with E-state index in [0.29, 0.717) is 19.0 Å². The van der Waals surface area contributed by atoms with Crippen molar-refractivity contribution < 1.29 is 4.79 Å². The lowest BCUT2D eigenvalue weighted by Crippen LogP contribution is -2.39. The number of nitrogens with zero attached hydrogens (tertiary/aromatic N) is 2. The third-order valence-corrected chi connectivity index (χ3v) is 4.11. The summed E-state index contributed by atoms with van der Waals surface area (Å²) in [7, 11) is 0. The zero-order valence-corrected chi connectivity index (χ0v) is 11.2. The van der Waals surface area contributed by atoms with Gasteiger partial charge in [-0.15, -0.1) is 0 Å². The highest BCUT2D eigenvalue weighted by Crippen LogP contribution is 2.32. The van der Waals surface area contributed by atoms with Gasteiger partial charge in [0.05, 0.1) is 0 Å². The molecule has 3 rings (SSSR count). The Morgan fingerprint density at radius 1 is 1.30 bits per heavy atom. The van der Waals surface area contributed by atoms with E-state index in [0.717, 1.165) is 18.4 Å². The number of nitroso groups, excluding NO2 is 1. The molecule has 5 heteroatoms. The third kappa shape index (κ3) is 2.31. The Labute approximate surface area is 116 Å². The maximum Gasteiger partial charge on any atom is 0.247 e. The van der Waals surface area contributed by atoms with Crippen LogP contribution in [0.5, 0.6) is 0 Å². The molecule has 1 amide bonds. The summed E-state index contributed by atoms with van der Waals surface area (Å²) in [5, 5.41) is 3.94. The van der Waals surface area contributed by atoms with E-state index in [1.807, 2.05) is 12.1 Å². The first-order chi connectivity index (χ1) is 9.79. The monoisotopic (exact) mass is 271 g/mol. The highest BCUT2D eigenvalue weighted by molar-refractivity contribution is 5.83. The molecule has 0 bridgehead atoms. The first-order valence-corrected chi connectivity index (χ1v) is 6.92. The molecule has 0 radical (unpaired) electrons. The first-order valence-electron chi connectivity index (χ1n) is 6.92. The fourth-order valence-corrected chi connectivity index (χ4v) is 3.03. The van der Waals surface area contributed by atoms with E-state index in [2.05, 4.69) is 28.5 Å². The van der Waals surface area contributed by atoms with Crippen molar-refractivity contribution in [1.82, 2.24) is 9.88 Å². The number of rotatable bonds is 3. The number of hydrogen-bond acceptors (Lipinski definition) is 3. The predicted molar refractivity (Wildman–Crippen MR) is 77.5 cm³/mol. The number of amides is 1. The van der Waals surface area contributed by atoms with Crippen molar-refractivity contribution in [3.63, 3.8) is 0 Å². The highest BCUT2D eigenvalue weighted by Gasteiger charge is 2.25. The molecule has 0 atom stereocenters. The summed E-state index contributed by atoms with van der Waals surface area (Å²) in [6.07, 6.45) is 3.96. The van der Waals surface area contributed by atoms with Gasteiger partial charge in [0, 0.05) is 30.2 Å². The topological polar surface area (TPSA) is 65.5 Å². The number of H-pyrrole nitrogens is 1. The zero-order chi connectivity index (χ0) is 13.9. The summed E-state index contributed by atoms with van der Waals surface area (Å²) in [4.78, 5) is 26.8. The molecule has 5 nitrogen and oxygen atoms in total. The first kappa shape index (κ1) is 12.8. The van der Waals surface area contributed by atoms with Gasteiger partial charge >= 0.3 is 0 Å². The lowest BCUT2D eigenvalue weighted by atomic mass is 9.89. The van der Waals surface area contributed by atoms with Gasteiger partial charge in [-0.1, -0.05) is 23.4 Å². The predicted octanol–water partition coefficient (Wildman–Crippen LogP) is 2.64. The van der Waals surface area contributed by atoms with Crippen LogP contribution in [0, 0.1) is 4.91 Å². The Bertz CT molecular complexity index is 627. The Hall–Kier alpha value is -2.17. The standard InChI is InChI=1S/C15H17N3O2/c19-15(10-17-20)18-7-5-11(6-8-18)13-9-16-14-4-2-1-3-12(13)14/h1-4,9,11,16H,5-8,10H2. The average Bonchev–Trinajstić information content (AvgIpc) is 2.92. The summed E-state index contributed by atoms with van der Waals surface area (Å²) in [5.74, 6) is 0.316. The second kappa shape index (κ2) is 5.45. The largest absolute Gasteiger partial charge is 0.361 e. The van der Waals surface area contributed by atoms with Crippen LogP contribution in [0.2, 0.25) is 0 Å². The quantitative estimate of drug-likeness (QED) is 0.872. The normalized spacial score (nSPS) is 16.5. The van der Waals surface area contributed by atoms with Gasteiger partial charge in [0.2, 0.25) is 5.91 Å². The molecule has 0 saturated carbocycles. The molecular weight excluding hydrogens is 254 g/mol. The molecule has 0 unspecified atom stereocenters. The van der Waals surface area contributed by atoms with Crippen LogP contribution in [0.15, 0.2) is 35.6 Å². The minimum Gasteiger partial charge on any atom is -0.361 e. The van der Waals surface area contributed by atoms with Gasteiger partial charge in [0.25, 0.3) is 0 Å². The summed E-state index contributed by atoms with van der Waals surface area (Å²) in [6, 6.07) is 8.28. The number of carbonyl (C=O) groups is 1. The van der Waals surface area contributed by atoms with Crippen LogP contribution in [0.3, 0.4) is 0 Å². The molecule has 1 fully saturated rings. The van der Waals surface area contributed by atoms with Crippen molar-refractivity contribution >= 4 is 16.8 Å². The maximum atomic E-state index is 11.6. The molecule has 0 spiro atoms. The number of likely N-dealkylation sites (tertiary alicyclic amines) is 1. The van der Waals surface area contributed by atoms with E-state index in [-0.39, 0.29) is 12.5 Å². The van der Waals surface area contributed by atoms with Gasteiger partial charge in [0.15, 0.2) is 6.54 Å². The number of carbonyl (C=O) groups excluding carboxylic acids is 1. The van der Waals surface area contributed by atoms with Crippen LogP contribution in [0.1, 0.15) is 24.3 Å². The van der Waals surface area contributed by atoms with E-state index in [1.165, 1.54) is 10.9 Å². The minimum atomic E-state index is -0.238. The maximum absolute atomic E-state index is 11.6. The van der Waals surface area contributed by atoms with Crippen molar-refractivity contribution in [3.8, 4) is 0 Å². The number of fused-ring (bicyclic) bond motifs is 1. The van der Waals surface area contributed by atoms with Crippen LogP contribution in [-0.4, -0.2) is 35.4 Å². The van der Waals surface area contributed by atoms with E-state index in [4.69, 9.17) is 0 Å². The molecule has 0 aliphatic carbocycles. The van der Waals surface area contributed by atoms with Crippen LogP contribution in [-0.2, 0) is 4.79 Å². The summed E-state index contributed by atoms with van der Waals surface area (Å²) in [6.45, 7) is 1.18. The smallest absolute Gasteiger partial charge is 0.247 e. The number of para-hydroxylation sites is 1. The molecule has 2 heterocycles. The van der Waals surface area contributed by atoms with Gasteiger partial charge in [-0.3, -0.25) is 4.79 Å². The van der Waals surface area contributed by atoms with Crippen molar-refractivity contribution in [1.29, 1.82) is 0 Å². The summed E-state index contributed by atoms with van der Waals surface area (Å²) < 4.78 is 0. The molecule has 1 aliphatic rings. The van der Waals surface area contributed by atoms with Gasteiger partial charge in [-0.25, -0.2) is 0 Å². The Kier molecular flexibility index (Phi) is 3.50. The van der Waals surface area contributed by atoms with Crippen LogP contribution in [0.4, 0.5) is 0 Å². The van der Waals surface area contributed by atoms with Gasteiger partial charge < -0.3 is 9.88 Å². The lowest BCUT2D eigenvalue weighted by Gasteiger charge is -2.31. The molecular formula is C15H17N3O2. The summed E-state index contributed by atoms with van der Waals surface area (Å²) in [5.41, 5.74) is 2.49. The third-order valence-electron chi connectivity index (χ3n) is 4.11. The van der Waals surface area contributed by atoms with Gasteiger partial charge in [-0.05, 0) is 30.4 Å². The SMILES string of the molecule is O=NCC(=O)N1CCC(c2c[nH]c3ccccc23)CC1. The van der Waals surface area contributed by atoms with E-state index < -0.39 is 0 Å².